The van der Waals surface area contributed by atoms with Gasteiger partial charge in [0.2, 0.25) is 0 Å². The normalized spacial score (nSPS) is 33.6. The van der Waals surface area contributed by atoms with E-state index in [1.165, 1.54) is 6.42 Å². The van der Waals surface area contributed by atoms with E-state index in [0.29, 0.717) is 5.92 Å². The van der Waals surface area contributed by atoms with Crippen molar-refractivity contribution in [3.05, 3.63) is 0 Å². The Hall–Kier alpha value is -0.610. The number of nitrogens with zero attached hydrogens (tertiary/aromatic N) is 1. The Morgan fingerprint density at radius 3 is 2.40 bits per heavy atom. The highest BCUT2D eigenvalue weighted by Crippen LogP contribution is 2.42. The van der Waals surface area contributed by atoms with Crippen molar-refractivity contribution in [1.29, 1.82) is 0 Å². The summed E-state index contributed by atoms with van der Waals surface area (Å²) in [5.41, 5.74) is -0.319. The van der Waals surface area contributed by atoms with Crippen molar-refractivity contribution in [1.82, 2.24) is 10.2 Å². The first-order valence-corrected chi connectivity index (χ1v) is 8.05. The number of carbonyl (C=O) groups is 1. The molecule has 0 amide bonds. The molecule has 2 atom stereocenters. The van der Waals surface area contributed by atoms with Crippen LogP contribution >= 0.6 is 0 Å². The summed E-state index contributed by atoms with van der Waals surface area (Å²) in [6, 6.07) is 0. The maximum atomic E-state index is 12.0. The lowest BCUT2D eigenvalue weighted by Crippen LogP contribution is -2.60. The van der Waals surface area contributed by atoms with Crippen LogP contribution in [0.15, 0.2) is 0 Å². The minimum Gasteiger partial charge on any atom is -0.480 e. The van der Waals surface area contributed by atoms with E-state index in [1.54, 1.807) is 0 Å². The molecule has 0 aromatic heterocycles. The molecule has 2 unspecified atom stereocenters. The van der Waals surface area contributed by atoms with Crippen molar-refractivity contribution in [3.8, 4) is 0 Å². The fourth-order valence-electron chi connectivity index (χ4n) is 3.95. The van der Waals surface area contributed by atoms with Gasteiger partial charge in [-0.25, -0.2) is 0 Å². The number of hydrogen-bond acceptors (Lipinski definition) is 3. The Morgan fingerprint density at radius 2 is 1.85 bits per heavy atom. The number of rotatable bonds is 2. The fraction of sp³-hybridized carbons (Fsp3) is 0.938. The first-order valence-electron chi connectivity index (χ1n) is 8.05. The van der Waals surface area contributed by atoms with Crippen LogP contribution in [-0.4, -0.2) is 47.7 Å². The van der Waals surface area contributed by atoms with Gasteiger partial charge in [0.1, 0.15) is 5.54 Å². The second kappa shape index (κ2) is 6.02. The maximum Gasteiger partial charge on any atom is 0.324 e. The van der Waals surface area contributed by atoms with Crippen molar-refractivity contribution >= 4 is 5.97 Å². The van der Waals surface area contributed by atoms with Crippen molar-refractivity contribution in [2.24, 2.45) is 11.3 Å². The first-order chi connectivity index (χ1) is 9.36. The number of nitrogens with one attached hydrogen (secondary N) is 1. The minimum atomic E-state index is -0.609. The largest absolute Gasteiger partial charge is 0.480 e. The standard InChI is InChI=1S/C16H30N2O2/c1-15(2,3)13-5-4-7-16(8-6-13,14(19)20)18-11-9-17-10-12-18/h13,17H,4-12H2,1-3H3,(H,19,20). The van der Waals surface area contributed by atoms with E-state index >= 15 is 0 Å². The summed E-state index contributed by atoms with van der Waals surface area (Å²) in [5.74, 6) is 0.0422. The average Bonchev–Trinajstić information content (AvgIpc) is 2.63. The summed E-state index contributed by atoms with van der Waals surface area (Å²) in [5, 5.41) is 13.2. The predicted octanol–water partition coefficient (Wildman–Crippen LogP) is 2.34. The van der Waals surface area contributed by atoms with Gasteiger partial charge in [0, 0.05) is 26.2 Å². The number of carboxylic acids is 1. The molecule has 2 rings (SSSR count). The molecular formula is C16H30N2O2. The lowest BCUT2D eigenvalue weighted by Gasteiger charge is -2.42. The summed E-state index contributed by atoms with van der Waals surface area (Å²) in [6.07, 6.45) is 4.88. The van der Waals surface area contributed by atoms with Crippen LogP contribution < -0.4 is 5.32 Å². The molecule has 2 aliphatic rings. The van der Waals surface area contributed by atoms with Crippen LogP contribution in [0.1, 0.15) is 52.9 Å². The minimum absolute atomic E-state index is 0.290. The summed E-state index contributed by atoms with van der Waals surface area (Å²) in [6.45, 7) is 10.4. The molecule has 4 nitrogen and oxygen atoms in total. The second-order valence-corrected chi connectivity index (χ2v) is 7.57. The van der Waals surface area contributed by atoms with Crippen LogP contribution in [0.25, 0.3) is 0 Å². The van der Waals surface area contributed by atoms with Crippen molar-refractivity contribution < 1.29 is 9.90 Å². The third-order valence-corrected chi connectivity index (χ3v) is 5.39. The van der Waals surface area contributed by atoms with Gasteiger partial charge in [-0.05, 0) is 37.0 Å². The Balaban J connectivity index is 2.15. The molecule has 1 aliphatic heterocycles. The van der Waals surface area contributed by atoms with Crippen LogP contribution in [0.4, 0.5) is 0 Å². The number of aliphatic carboxylic acids is 1. The van der Waals surface area contributed by atoms with E-state index in [4.69, 9.17) is 0 Å². The SMILES string of the molecule is CC(C)(C)C1CCCC(C(=O)O)(N2CCNCC2)CC1. The number of hydrogen-bond donors (Lipinski definition) is 2. The van der Waals surface area contributed by atoms with Gasteiger partial charge in [-0.15, -0.1) is 0 Å². The molecule has 0 aromatic carbocycles. The quantitative estimate of drug-likeness (QED) is 0.763. The molecule has 2 fully saturated rings. The number of carboxylic acid groups (broad SMARTS) is 1. The Morgan fingerprint density at radius 1 is 1.20 bits per heavy atom. The van der Waals surface area contributed by atoms with Gasteiger partial charge in [-0.3, -0.25) is 9.69 Å². The molecule has 0 spiro atoms. The topological polar surface area (TPSA) is 52.6 Å². The third kappa shape index (κ3) is 3.17. The molecular weight excluding hydrogens is 252 g/mol. The highest BCUT2D eigenvalue weighted by molar-refractivity contribution is 5.78. The molecule has 1 heterocycles. The van der Waals surface area contributed by atoms with Crippen LogP contribution in [0.3, 0.4) is 0 Å². The van der Waals surface area contributed by atoms with Crippen molar-refractivity contribution in [3.63, 3.8) is 0 Å². The lowest BCUT2D eigenvalue weighted by molar-refractivity contribution is -0.153. The number of piperazine rings is 1. The summed E-state index contributed by atoms with van der Waals surface area (Å²) >= 11 is 0. The highest BCUT2D eigenvalue weighted by atomic mass is 16.4. The zero-order valence-corrected chi connectivity index (χ0v) is 13.2. The Kier molecular flexibility index (Phi) is 4.75. The lowest BCUT2D eigenvalue weighted by atomic mass is 9.76. The second-order valence-electron chi connectivity index (χ2n) is 7.57. The van der Waals surface area contributed by atoms with E-state index in [0.717, 1.165) is 51.9 Å². The summed E-state index contributed by atoms with van der Waals surface area (Å²) in [4.78, 5) is 14.3. The van der Waals surface area contributed by atoms with Crippen LogP contribution in [0.5, 0.6) is 0 Å². The molecule has 20 heavy (non-hydrogen) atoms. The van der Waals surface area contributed by atoms with Gasteiger partial charge < -0.3 is 10.4 Å². The molecule has 0 bridgehead atoms. The highest BCUT2D eigenvalue weighted by Gasteiger charge is 2.46. The van der Waals surface area contributed by atoms with Gasteiger partial charge in [0.25, 0.3) is 0 Å². The van der Waals surface area contributed by atoms with Crippen LogP contribution in [-0.2, 0) is 4.79 Å². The third-order valence-electron chi connectivity index (χ3n) is 5.39. The van der Waals surface area contributed by atoms with Crippen molar-refractivity contribution in [2.75, 3.05) is 26.2 Å². The van der Waals surface area contributed by atoms with Gasteiger partial charge in [0.15, 0.2) is 0 Å². The van der Waals surface area contributed by atoms with E-state index in [1.807, 2.05) is 0 Å². The summed E-state index contributed by atoms with van der Waals surface area (Å²) < 4.78 is 0. The fourth-order valence-corrected chi connectivity index (χ4v) is 3.95. The molecule has 1 saturated carbocycles. The molecule has 0 radical (unpaired) electrons. The maximum absolute atomic E-state index is 12.0. The monoisotopic (exact) mass is 282 g/mol. The molecule has 1 saturated heterocycles. The Labute approximate surface area is 122 Å². The van der Waals surface area contributed by atoms with Gasteiger partial charge in [0.05, 0.1) is 0 Å². The van der Waals surface area contributed by atoms with Crippen LogP contribution in [0.2, 0.25) is 0 Å². The molecule has 0 aromatic rings. The molecule has 4 heteroatoms. The van der Waals surface area contributed by atoms with Gasteiger partial charge >= 0.3 is 5.97 Å². The molecule has 116 valence electrons. The first kappa shape index (κ1) is 15.8. The van der Waals surface area contributed by atoms with E-state index in [9.17, 15) is 9.90 Å². The van der Waals surface area contributed by atoms with Crippen LogP contribution in [0, 0.1) is 11.3 Å². The average molecular weight is 282 g/mol. The Bertz CT molecular complexity index is 345. The van der Waals surface area contributed by atoms with Crippen molar-refractivity contribution in [2.45, 2.75) is 58.4 Å². The molecule has 2 N–H and O–H groups in total. The van der Waals surface area contributed by atoms with E-state index in [-0.39, 0.29) is 5.41 Å². The van der Waals surface area contributed by atoms with E-state index in [2.05, 4.69) is 31.0 Å². The molecule has 1 aliphatic carbocycles. The van der Waals surface area contributed by atoms with E-state index < -0.39 is 11.5 Å². The zero-order valence-electron chi connectivity index (χ0n) is 13.2. The van der Waals surface area contributed by atoms with Gasteiger partial charge in [-0.1, -0.05) is 27.2 Å². The summed E-state index contributed by atoms with van der Waals surface area (Å²) in [7, 11) is 0. The zero-order chi connectivity index (χ0) is 14.8. The predicted molar refractivity (Wildman–Crippen MR) is 80.8 cm³/mol. The van der Waals surface area contributed by atoms with Gasteiger partial charge in [-0.2, -0.15) is 0 Å². The smallest absolute Gasteiger partial charge is 0.324 e.